The van der Waals surface area contributed by atoms with Crippen molar-refractivity contribution in [2.45, 2.75) is 49.6 Å². The molecule has 0 aromatic heterocycles. The van der Waals surface area contributed by atoms with E-state index in [1.807, 2.05) is 24.3 Å². The summed E-state index contributed by atoms with van der Waals surface area (Å²) < 4.78 is 27.2. The fourth-order valence-electron chi connectivity index (χ4n) is 5.76. The number of nitrogens with zero attached hydrogens (tertiary/aromatic N) is 1. The van der Waals surface area contributed by atoms with Crippen LogP contribution in [0.4, 0.5) is 8.78 Å². The van der Waals surface area contributed by atoms with Crippen molar-refractivity contribution in [2.75, 3.05) is 6.54 Å². The Morgan fingerprint density at radius 2 is 1.37 bits per heavy atom. The molecule has 3 aromatic carbocycles. The average molecular weight is 404 g/mol. The van der Waals surface area contributed by atoms with Gasteiger partial charge >= 0.3 is 0 Å². The molecule has 0 amide bonds. The van der Waals surface area contributed by atoms with Gasteiger partial charge in [-0.3, -0.25) is 4.90 Å². The van der Waals surface area contributed by atoms with Crippen LogP contribution >= 0.6 is 0 Å². The maximum absolute atomic E-state index is 13.6. The van der Waals surface area contributed by atoms with Crippen LogP contribution < -0.4 is 0 Å². The molecule has 0 radical (unpaired) electrons. The van der Waals surface area contributed by atoms with Crippen molar-refractivity contribution in [3.8, 4) is 0 Å². The van der Waals surface area contributed by atoms with E-state index in [0.29, 0.717) is 23.9 Å². The summed E-state index contributed by atoms with van der Waals surface area (Å²) in [6, 6.07) is 25.7. The minimum atomic E-state index is -0.196. The molecule has 0 saturated carbocycles. The molecule has 154 valence electrons. The minimum absolute atomic E-state index is 0.194. The molecule has 3 heteroatoms. The third-order valence-corrected chi connectivity index (χ3v) is 7.12. The van der Waals surface area contributed by atoms with Gasteiger partial charge < -0.3 is 0 Å². The van der Waals surface area contributed by atoms with Crippen molar-refractivity contribution < 1.29 is 8.78 Å². The first-order valence-electron chi connectivity index (χ1n) is 11.0. The van der Waals surface area contributed by atoms with Crippen LogP contribution in [0.3, 0.4) is 0 Å². The zero-order valence-electron chi connectivity index (χ0n) is 17.1. The second-order valence-electron chi connectivity index (χ2n) is 8.74. The number of hydrogen-bond acceptors (Lipinski definition) is 1. The van der Waals surface area contributed by atoms with Gasteiger partial charge in [-0.25, -0.2) is 8.78 Å². The number of hydrogen-bond donors (Lipinski definition) is 0. The molecular formula is C27H27F2N. The maximum atomic E-state index is 13.6. The molecule has 2 heterocycles. The summed E-state index contributed by atoms with van der Waals surface area (Å²) in [4.78, 5) is 2.70. The Hall–Kier alpha value is -2.52. The lowest BCUT2D eigenvalue weighted by atomic mass is 9.72. The standard InChI is InChI=1S/C27H27F2N/c28-22-10-6-20(7-11-22)25-18-24-14-15-26(27(25)21-8-12-23(29)13-9-21)30(24)17-16-19-4-2-1-3-5-19/h1-13,24-27H,14-18H2/t24-,25+,26-,27+/m1/s1. The van der Waals surface area contributed by atoms with Crippen molar-refractivity contribution in [2.24, 2.45) is 0 Å². The molecule has 2 bridgehead atoms. The smallest absolute Gasteiger partial charge is 0.123 e. The Kier molecular flexibility index (Phi) is 5.39. The highest BCUT2D eigenvalue weighted by molar-refractivity contribution is 5.33. The zero-order chi connectivity index (χ0) is 20.5. The van der Waals surface area contributed by atoms with Gasteiger partial charge in [-0.05, 0) is 72.6 Å². The van der Waals surface area contributed by atoms with Crippen molar-refractivity contribution in [1.29, 1.82) is 0 Å². The Bertz CT molecular complexity index is 968. The van der Waals surface area contributed by atoms with Gasteiger partial charge in [0.05, 0.1) is 0 Å². The Balaban J connectivity index is 1.46. The van der Waals surface area contributed by atoms with Crippen LogP contribution in [0.25, 0.3) is 0 Å². The van der Waals surface area contributed by atoms with E-state index in [1.165, 1.54) is 29.5 Å². The van der Waals surface area contributed by atoms with Crippen molar-refractivity contribution in [1.82, 2.24) is 4.90 Å². The van der Waals surface area contributed by atoms with E-state index in [2.05, 4.69) is 35.2 Å². The Labute approximate surface area is 177 Å². The van der Waals surface area contributed by atoms with E-state index in [9.17, 15) is 8.78 Å². The van der Waals surface area contributed by atoms with Gasteiger partial charge in [0.1, 0.15) is 11.6 Å². The molecule has 2 aliphatic rings. The minimum Gasteiger partial charge on any atom is -0.296 e. The number of halogens is 2. The summed E-state index contributed by atoms with van der Waals surface area (Å²) in [6.07, 6.45) is 4.48. The lowest BCUT2D eigenvalue weighted by molar-refractivity contribution is 0.107. The van der Waals surface area contributed by atoms with Crippen LogP contribution in [0.1, 0.15) is 47.8 Å². The number of piperidine rings is 1. The molecule has 1 nitrogen and oxygen atoms in total. The van der Waals surface area contributed by atoms with Crippen LogP contribution in [0.5, 0.6) is 0 Å². The maximum Gasteiger partial charge on any atom is 0.123 e. The van der Waals surface area contributed by atoms with Gasteiger partial charge in [-0.1, -0.05) is 54.6 Å². The monoisotopic (exact) mass is 403 g/mol. The van der Waals surface area contributed by atoms with Crippen LogP contribution in [0, 0.1) is 11.6 Å². The molecular weight excluding hydrogens is 376 g/mol. The average Bonchev–Trinajstić information content (AvgIpc) is 3.06. The normalized spacial score (nSPS) is 26.1. The molecule has 0 spiro atoms. The van der Waals surface area contributed by atoms with Gasteiger partial charge in [0, 0.05) is 24.5 Å². The van der Waals surface area contributed by atoms with Crippen LogP contribution in [-0.4, -0.2) is 23.5 Å². The summed E-state index contributed by atoms with van der Waals surface area (Å²) >= 11 is 0. The molecule has 3 aromatic rings. The van der Waals surface area contributed by atoms with Gasteiger partial charge in [0.15, 0.2) is 0 Å². The molecule has 30 heavy (non-hydrogen) atoms. The first kappa shape index (κ1) is 19.4. The van der Waals surface area contributed by atoms with Crippen molar-refractivity contribution >= 4 is 0 Å². The molecule has 5 rings (SSSR count). The summed E-state index contributed by atoms with van der Waals surface area (Å²) in [7, 11) is 0. The summed E-state index contributed by atoms with van der Waals surface area (Å²) in [5, 5.41) is 0. The summed E-state index contributed by atoms with van der Waals surface area (Å²) in [5.41, 5.74) is 3.77. The number of rotatable bonds is 5. The predicted octanol–water partition coefficient (Wildman–Crippen LogP) is 6.31. The first-order valence-corrected chi connectivity index (χ1v) is 11.0. The Morgan fingerprint density at radius 3 is 2.03 bits per heavy atom. The van der Waals surface area contributed by atoms with E-state index < -0.39 is 0 Å². The van der Waals surface area contributed by atoms with Crippen molar-refractivity contribution in [3.63, 3.8) is 0 Å². The lowest BCUT2D eigenvalue weighted by Gasteiger charge is -2.45. The highest BCUT2D eigenvalue weighted by Crippen LogP contribution is 2.51. The fourth-order valence-corrected chi connectivity index (χ4v) is 5.76. The van der Waals surface area contributed by atoms with Gasteiger partial charge in [-0.2, -0.15) is 0 Å². The molecule has 0 N–H and O–H groups in total. The van der Waals surface area contributed by atoms with Crippen molar-refractivity contribution in [3.05, 3.63) is 107 Å². The molecule has 2 saturated heterocycles. The van der Waals surface area contributed by atoms with E-state index >= 15 is 0 Å². The highest BCUT2D eigenvalue weighted by Gasteiger charge is 2.47. The van der Waals surface area contributed by atoms with E-state index in [-0.39, 0.29) is 11.6 Å². The second kappa shape index (κ2) is 8.31. The largest absolute Gasteiger partial charge is 0.296 e. The lowest BCUT2D eigenvalue weighted by Crippen LogP contribution is -2.47. The van der Waals surface area contributed by atoms with E-state index in [4.69, 9.17) is 0 Å². The van der Waals surface area contributed by atoms with E-state index in [1.54, 1.807) is 24.3 Å². The molecule has 0 unspecified atom stereocenters. The third kappa shape index (κ3) is 3.79. The van der Waals surface area contributed by atoms with E-state index in [0.717, 1.165) is 19.4 Å². The topological polar surface area (TPSA) is 3.24 Å². The highest BCUT2D eigenvalue weighted by atomic mass is 19.1. The molecule has 2 fully saturated rings. The van der Waals surface area contributed by atoms with Gasteiger partial charge in [0.25, 0.3) is 0 Å². The quantitative estimate of drug-likeness (QED) is 0.482. The zero-order valence-corrected chi connectivity index (χ0v) is 17.1. The number of benzene rings is 3. The third-order valence-electron chi connectivity index (χ3n) is 7.12. The molecule has 0 aliphatic carbocycles. The number of fused-ring (bicyclic) bond motifs is 2. The van der Waals surface area contributed by atoms with Gasteiger partial charge in [-0.15, -0.1) is 0 Å². The second-order valence-corrected chi connectivity index (χ2v) is 8.74. The molecule has 2 aliphatic heterocycles. The summed E-state index contributed by atoms with van der Waals surface area (Å²) in [5.74, 6) is 0.241. The first-order chi connectivity index (χ1) is 14.7. The predicted molar refractivity (Wildman–Crippen MR) is 117 cm³/mol. The summed E-state index contributed by atoms with van der Waals surface area (Å²) in [6.45, 7) is 1.05. The fraction of sp³-hybridized carbons (Fsp3) is 0.333. The van der Waals surface area contributed by atoms with Crippen LogP contribution in [0.2, 0.25) is 0 Å². The molecule has 4 atom stereocenters. The Morgan fingerprint density at radius 1 is 0.733 bits per heavy atom. The van der Waals surface area contributed by atoms with Gasteiger partial charge in [0.2, 0.25) is 0 Å². The SMILES string of the molecule is Fc1ccc([C@@H]2[C@H]3CC[C@H](C[C@H]2c2ccc(F)cc2)N3CCc2ccccc2)cc1. The van der Waals surface area contributed by atoms with Crippen LogP contribution in [0.15, 0.2) is 78.9 Å². The van der Waals surface area contributed by atoms with Crippen LogP contribution in [-0.2, 0) is 6.42 Å².